The van der Waals surface area contributed by atoms with Crippen LogP contribution in [0.1, 0.15) is 35.9 Å². The summed E-state index contributed by atoms with van der Waals surface area (Å²) in [6.45, 7) is 2.94. The van der Waals surface area contributed by atoms with Gasteiger partial charge in [0.05, 0.1) is 11.6 Å². The quantitative estimate of drug-likeness (QED) is 0.445. The summed E-state index contributed by atoms with van der Waals surface area (Å²) in [5.41, 5.74) is 3.62. The normalized spacial score (nSPS) is 17.0. The van der Waals surface area contributed by atoms with E-state index in [2.05, 4.69) is 35.3 Å². The number of rotatable bonds is 3. The van der Waals surface area contributed by atoms with Crippen molar-refractivity contribution in [2.24, 2.45) is 0 Å². The number of nitrogens with zero attached hydrogens (tertiary/aromatic N) is 3. The van der Waals surface area contributed by atoms with E-state index in [1.165, 1.54) is 17.8 Å². The number of amides is 1. The Morgan fingerprint density at radius 2 is 2.00 bits per heavy atom. The molecule has 1 saturated heterocycles. The molecule has 0 N–H and O–H groups in total. The molecular formula is C23H21N3O2S. The largest absolute Gasteiger partial charge is 0.356 e. The lowest BCUT2D eigenvalue weighted by Crippen LogP contribution is -2.41. The summed E-state index contributed by atoms with van der Waals surface area (Å²) in [7, 11) is 0. The van der Waals surface area contributed by atoms with Gasteiger partial charge in [-0.1, -0.05) is 41.6 Å². The molecule has 0 aliphatic carbocycles. The molecule has 29 heavy (non-hydrogen) atoms. The number of hydrogen-bond acceptors (Lipinski definition) is 5. The lowest BCUT2D eigenvalue weighted by molar-refractivity contribution is 0.0640. The van der Waals surface area contributed by atoms with Crippen molar-refractivity contribution in [3.05, 3.63) is 59.6 Å². The molecule has 0 radical (unpaired) electrons. The lowest BCUT2D eigenvalue weighted by atomic mass is 10.0. The van der Waals surface area contributed by atoms with Crippen molar-refractivity contribution in [1.82, 2.24) is 15.0 Å². The van der Waals surface area contributed by atoms with Gasteiger partial charge in [0.1, 0.15) is 15.6 Å². The van der Waals surface area contributed by atoms with Crippen molar-refractivity contribution >= 4 is 28.2 Å². The summed E-state index contributed by atoms with van der Waals surface area (Å²) in [5, 5.41) is 5.87. The number of piperidine rings is 1. The minimum Gasteiger partial charge on any atom is -0.356 e. The van der Waals surface area contributed by atoms with Crippen LogP contribution in [0.2, 0.25) is 0 Å². The molecule has 0 bridgehead atoms. The molecule has 4 aromatic rings. The van der Waals surface area contributed by atoms with Crippen molar-refractivity contribution in [3.8, 4) is 21.8 Å². The maximum atomic E-state index is 12.9. The second-order valence-corrected chi connectivity index (χ2v) is 8.51. The fourth-order valence-electron chi connectivity index (χ4n) is 3.93. The van der Waals surface area contributed by atoms with Crippen molar-refractivity contribution in [2.45, 2.75) is 32.2 Å². The first-order valence-electron chi connectivity index (χ1n) is 9.93. The van der Waals surface area contributed by atoms with Gasteiger partial charge in [-0.15, -0.1) is 11.3 Å². The zero-order chi connectivity index (χ0) is 19.8. The highest BCUT2D eigenvalue weighted by Gasteiger charge is 2.26. The van der Waals surface area contributed by atoms with Crippen LogP contribution in [-0.2, 0) is 0 Å². The van der Waals surface area contributed by atoms with Crippen LogP contribution in [0.25, 0.3) is 32.8 Å². The number of carbonyl (C=O) groups is 1. The van der Waals surface area contributed by atoms with Crippen molar-refractivity contribution in [1.29, 1.82) is 0 Å². The molecule has 0 spiro atoms. The standard InChI is InChI=1S/C23H21N3O2S/c1-15-7-5-6-12-26(15)23(27)20-14-24-22(29-20)21-18-11-10-17(13-19(18)28-25-21)16-8-3-2-4-9-16/h2-4,8-11,13-15H,5-7,12H2,1H3. The van der Waals surface area contributed by atoms with Gasteiger partial charge in [-0.2, -0.15) is 0 Å². The van der Waals surface area contributed by atoms with Crippen molar-refractivity contribution in [2.75, 3.05) is 6.54 Å². The first-order chi connectivity index (χ1) is 14.2. The maximum Gasteiger partial charge on any atom is 0.265 e. The molecule has 5 rings (SSSR count). The first kappa shape index (κ1) is 18.1. The number of fused-ring (bicyclic) bond motifs is 1. The van der Waals surface area contributed by atoms with E-state index in [-0.39, 0.29) is 11.9 Å². The number of aromatic nitrogens is 2. The van der Waals surface area contributed by atoms with E-state index < -0.39 is 0 Å². The second kappa shape index (κ2) is 7.44. The fourth-order valence-corrected chi connectivity index (χ4v) is 4.79. The van der Waals surface area contributed by atoms with E-state index in [0.29, 0.717) is 21.2 Å². The van der Waals surface area contributed by atoms with Gasteiger partial charge >= 0.3 is 0 Å². The lowest BCUT2D eigenvalue weighted by Gasteiger charge is -2.32. The highest BCUT2D eigenvalue weighted by Crippen LogP contribution is 2.34. The Labute approximate surface area is 173 Å². The van der Waals surface area contributed by atoms with Gasteiger partial charge in [-0.3, -0.25) is 4.79 Å². The molecule has 1 amide bonds. The molecule has 3 heterocycles. The van der Waals surface area contributed by atoms with Crippen molar-refractivity contribution in [3.63, 3.8) is 0 Å². The molecule has 6 heteroatoms. The molecule has 1 unspecified atom stereocenters. The monoisotopic (exact) mass is 403 g/mol. The molecule has 1 atom stereocenters. The van der Waals surface area contributed by atoms with Crippen LogP contribution < -0.4 is 0 Å². The Morgan fingerprint density at radius 3 is 2.83 bits per heavy atom. The van der Waals surface area contributed by atoms with Crippen LogP contribution in [0.5, 0.6) is 0 Å². The number of hydrogen-bond donors (Lipinski definition) is 0. The van der Waals surface area contributed by atoms with Crippen molar-refractivity contribution < 1.29 is 9.32 Å². The zero-order valence-corrected chi connectivity index (χ0v) is 17.0. The number of carbonyl (C=O) groups excluding carboxylic acids is 1. The van der Waals surface area contributed by atoms with E-state index in [4.69, 9.17) is 4.52 Å². The average molecular weight is 404 g/mol. The predicted molar refractivity (Wildman–Crippen MR) is 115 cm³/mol. The van der Waals surface area contributed by atoms with Gasteiger partial charge in [-0.25, -0.2) is 4.98 Å². The third-order valence-corrected chi connectivity index (χ3v) is 6.55. The first-order valence-corrected chi connectivity index (χ1v) is 10.7. The van der Waals surface area contributed by atoms with Crippen LogP contribution in [-0.4, -0.2) is 33.5 Å². The van der Waals surface area contributed by atoms with Crippen LogP contribution in [0.3, 0.4) is 0 Å². The number of thiazole rings is 1. The Kier molecular flexibility index (Phi) is 4.64. The van der Waals surface area contributed by atoms with E-state index in [9.17, 15) is 4.79 Å². The molecule has 5 nitrogen and oxygen atoms in total. The summed E-state index contributed by atoms with van der Waals surface area (Å²) in [4.78, 5) is 20.0. The Morgan fingerprint density at radius 1 is 1.14 bits per heavy atom. The summed E-state index contributed by atoms with van der Waals surface area (Å²) >= 11 is 1.39. The van der Waals surface area contributed by atoms with Gasteiger partial charge < -0.3 is 9.42 Å². The molecule has 0 saturated carbocycles. The molecule has 2 aromatic carbocycles. The third kappa shape index (κ3) is 3.34. The fraction of sp³-hybridized carbons (Fsp3) is 0.261. The molecule has 2 aromatic heterocycles. The van der Waals surface area contributed by atoms with E-state index in [0.717, 1.165) is 35.9 Å². The highest BCUT2D eigenvalue weighted by atomic mass is 32.1. The van der Waals surface area contributed by atoms with Gasteiger partial charge in [0, 0.05) is 12.6 Å². The third-order valence-electron chi connectivity index (χ3n) is 5.56. The number of benzene rings is 2. The topological polar surface area (TPSA) is 59.2 Å². The molecular weight excluding hydrogens is 382 g/mol. The maximum absolute atomic E-state index is 12.9. The minimum absolute atomic E-state index is 0.0696. The molecule has 1 fully saturated rings. The summed E-state index contributed by atoms with van der Waals surface area (Å²) < 4.78 is 5.59. The smallest absolute Gasteiger partial charge is 0.265 e. The summed E-state index contributed by atoms with van der Waals surface area (Å²) in [6.07, 6.45) is 4.99. The average Bonchev–Trinajstić information content (AvgIpc) is 3.41. The van der Waals surface area contributed by atoms with Gasteiger partial charge in [0.15, 0.2) is 5.58 Å². The Balaban J connectivity index is 1.45. The predicted octanol–water partition coefficient (Wildman–Crippen LogP) is 5.63. The second-order valence-electron chi connectivity index (χ2n) is 7.48. The molecule has 1 aliphatic rings. The molecule has 146 valence electrons. The van der Waals surface area contributed by atoms with Gasteiger partial charge in [0.2, 0.25) is 0 Å². The van der Waals surface area contributed by atoms with Gasteiger partial charge in [0.25, 0.3) is 5.91 Å². The van der Waals surface area contributed by atoms with Gasteiger partial charge in [-0.05, 0) is 49.4 Å². The van der Waals surface area contributed by atoms with E-state index in [1.807, 2.05) is 35.2 Å². The Hall–Kier alpha value is -2.99. The van der Waals surface area contributed by atoms with Crippen LogP contribution in [0, 0.1) is 0 Å². The minimum atomic E-state index is 0.0696. The summed E-state index contributed by atoms with van der Waals surface area (Å²) in [6, 6.07) is 16.5. The van der Waals surface area contributed by atoms with Crippen LogP contribution in [0.4, 0.5) is 0 Å². The number of likely N-dealkylation sites (tertiary alicyclic amines) is 1. The molecule has 1 aliphatic heterocycles. The van der Waals surface area contributed by atoms with Crippen LogP contribution in [0.15, 0.2) is 59.3 Å². The SMILES string of the molecule is CC1CCCCN1C(=O)c1cnc(-c2noc3cc(-c4ccccc4)ccc23)s1. The van der Waals surface area contributed by atoms with E-state index in [1.54, 1.807) is 6.20 Å². The Bertz CT molecular complexity index is 1170. The van der Waals surface area contributed by atoms with Crippen LogP contribution >= 0.6 is 11.3 Å². The zero-order valence-electron chi connectivity index (χ0n) is 16.2. The highest BCUT2D eigenvalue weighted by molar-refractivity contribution is 7.17. The van der Waals surface area contributed by atoms with E-state index >= 15 is 0 Å². The summed E-state index contributed by atoms with van der Waals surface area (Å²) in [5.74, 6) is 0.0696.